The van der Waals surface area contributed by atoms with Crippen molar-refractivity contribution in [3.63, 3.8) is 0 Å². The summed E-state index contributed by atoms with van der Waals surface area (Å²) in [5.41, 5.74) is 1.31. The minimum Gasteiger partial charge on any atom is -0.506 e. The number of nitrogens with one attached hydrogen (secondary N) is 1. The number of rotatable bonds is 4. The van der Waals surface area contributed by atoms with Gasteiger partial charge in [0.25, 0.3) is 0 Å². The second kappa shape index (κ2) is 6.44. The third kappa shape index (κ3) is 3.42. The van der Waals surface area contributed by atoms with Gasteiger partial charge in [0.1, 0.15) is 11.5 Å². The van der Waals surface area contributed by atoms with E-state index in [1.54, 1.807) is 31.4 Å². The van der Waals surface area contributed by atoms with Crippen molar-refractivity contribution >= 4 is 40.5 Å². The number of anilines is 1. The van der Waals surface area contributed by atoms with Gasteiger partial charge in [0.15, 0.2) is 0 Å². The number of hydrogen-bond donors (Lipinski definition) is 2. The van der Waals surface area contributed by atoms with Gasteiger partial charge in [-0.25, -0.2) is 0 Å². The number of phenolic OH excluding ortho intramolecular Hbond substituents is 1. The Kier molecular flexibility index (Phi) is 4.86. The maximum atomic E-state index is 9.89. The molecule has 0 aliphatic rings. The fraction of sp³-hybridized carbons (Fsp3) is 0.143. The van der Waals surface area contributed by atoms with Crippen molar-refractivity contribution in [1.82, 2.24) is 0 Å². The van der Waals surface area contributed by atoms with Crippen LogP contribution in [0.1, 0.15) is 5.56 Å². The van der Waals surface area contributed by atoms with Crippen molar-refractivity contribution in [2.45, 2.75) is 6.54 Å². The molecule has 0 radical (unpaired) electrons. The van der Waals surface area contributed by atoms with Crippen molar-refractivity contribution in [2.75, 3.05) is 12.4 Å². The lowest BCUT2D eigenvalue weighted by molar-refractivity contribution is 0.416. The van der Waals surface area contributed by atoms with Gasteiger partial charge in [0.2, 0.25) is 0 Å². The van der Waals surface area contributed by atoms with Crippen LogP contribution in [0, 0.1) is 0 Å². The fourth-order valence-corrected chi connectivity index (χ4v) is 2.47. The van der Waals surface area contributed by atoms with E-state index in [0.29, 0.717) is 27.9 Å². The highest BCUT2D eigenvalue weighted by Crippen LogP contribution is 2.33. The summed E-state index contributed by atoms with van der Waals surface area (Å²) in [5, 5.41) is 14.3. The molecule has 2 rings (SSSR count). The van der Waals surface area contributed by atoms with Crippen LogP contribution >= 0.6 is 34.8 Å². The van der Waals surface area contributed by atoms with E-state index in [-0.39, 0.29) is 10.8 Å². The third-order valence-electron chi connectivity index (χ3n) is 2.74. The van der Waals surface area contributed by atoms with Crippen LogP contribution < -0.4 is 10.1 Å². The predicted octanol–water partition coefficient (Wildman–Crippen LogP) is 4.97. The van der Waals surface area contributed by atoms with Crippen LogP contribution in [0.4, 0.5) is 5.69 Å². The van der Waals surface area contributed by atoms with Gasteiger partial charge < -0.3 is 15.2 Å². The maximum Gasteiger partial charge on any atom is 0.142 e. The van der Waals surface area contributed by atoms with E-state index >= 15 is 0 Å². The monoisotopic (exact) mass is 331 g/mol. The Bertz CT molecular complexity index is 632. The number of phenols is 1. The maximum absolute atomic E-state index is 9.89. The molecule has 0 bridgehead atoms. The van der Waals surface area contributed by atoms with Crippen LogP contribution in [0.25, 0.3) is 0 Å². The van der Waals surface area contributed by atoms with Gasteiger partial charge >= 0.3 is 0 Å². The van der Waals surface area contributed by atoms with Crippen molar-refractivity contribution < 1.29 is 9.84 Å². The molecule has 106 valence electrons. The second-order valence-electron chi connectivity index (χ2n) is 4.09. The molecule has 0 atom stereocenters. The van der Waals surface area contributed by atoms with Gasteiger partial charge in [0.05, 0.1) is 17.8 Å². The minimum atomic E-state index is 0.00422. The Morgan fingerprint density at radius 3 is 2.55 bits per heavy atom. The first-order valence-electron chi connectivity index (χ1n) is 5.75. The Labute approximate surface area is 132 Å². The molecule has 0 spiro atoms. The number of aromatic hydroxyl groups is 1. The molecule has 0 unspecified atom stereocenters. The first kappa shape index (κ1) is 15.1. The van der Waals surface area contributed by atoms with Gasteiger partial charge in [-0.2, -0.15) is 0 Å². The van der Waals surface area contributed by atoms with Crippen molar-refractivity contribution in [2.24, 2.45) is 0 Å². The number of hydrogen-bond acceptors (Lipinski definition) is 3. The van der Waals surface area contributed by atoms with E-state index in [1.165, 1.54) is 6.07 Å². The zero-order chi connectivity index (χ0) is 14.7. The largest absolute Gasteiger partial charge is 0.506 e. The lowest BCUT2D eigenvalue weighted by Crippen LogP contribution is -2.02. The smallest absolute Gasteiger partial charge is 0.142 e. The molecule has 0 aliphatic heterocycles. The molecule has 0 aliphatic carbocycles. The molecule has 2 aromatic rings. The first-order valence-corrected chi connectivity index (χ1v) is 6.89. The average Bonchev–Trinajstić information content (AvgIpc) is 2.41. The van der Waals surface area contributed by atoms with Crippen molar-refractivity contribution in [3.05, 3.63) is 51.0 Å². The second-order valence-corrected chi connectivity index (χ2v) is 5.37. The minimum absolute atomic E-state index is 0.00422. The van der Waals surface area contributed by atoms with Crippen LogP contribution in [0.5, 0.6) is 11.5 Å². The predicted molar refractivity (Wildman–Crippen MR) is 83.5 cm³/mol. The molecular weight excluding hydrogens is 321 g/mol. The van der Waals surface area contributed by atoms with Crippen LogP contribution in [-0.2, 0) is 6.54 Å². The standard InChI is InChI=1S/C14H12Cl3NO2/c1-20-13-3-2-9(15)6-12(13)18-7-8-4-10(16)5-11(17)14(8)19/h2-6,18-19H,7H2,1H3. The number of methoxy groups -OCH3 is 1. The normalized spacial score (nSPS) is 10.4. The van der Waals surface area contributed by atoms with E-state index in [0.717, 1.165) is 5.69 Å². The van der Waals surface area contributed by atoms with Crippen LogP contribution in [0.3, 0.4) is 0 Å². The zero-order valence-corrected chi connectivity index (χ0v) is 12.9. The van der Waals surface area contributed by atoms with E-state index < -0.39 is 0 Å². The topological polar surface area (TPSA) is 41.5 Å². The Hall–Kier alpha value is -1.29. The lowest BCUT2D eigenvalue weighted by atomic mass is 10.2. The SMILES string of the molecule is COc1ccc(Cl)cc1NCc1cc(Cl)cc(Cl)c1O. The number of ether oxygens (including phenoxy) is 1. The van der Waals surface area contributed by atoms with Crippen molar-refractivity contribution in [1.29, 1.82) is 0 Å². The summed E-state index contributed by atoms with van der Waals surface area (Å²) >= 11 is 17.7. The molecule has 0 heterocycles. The van der Waals surface area contributed by atoms with Gasteiger partial charge in [-0.3, -0.25) is 0 Å². The summed E-state index contributed by atoms with van der Waals surface area (Å²) < 4.78 is 5.23. The van der Waals surface area contributed by atoms with E-state index in [9.17, 15) is 5.11 Å². The van der Waals surface area contributed by atoms with Gasteiger partial charge in [0, 0.05) is 22.2 Å². The zero-order valence-electron chi connectivity index (χ0n) is 10.6. The van der Waals surface area contributed by atoms with E-state index in [1.807, 2.05) is 0 Å². The molecule has 0 saturated heterocycles. The summed E-state index contributed by atoms with van der Waals surface area (Å²) in [5.74, 6) is 0.659. The molecule has 0 saturated carbocycles. The molecule has 0 aromatic heterocycles. The molecule has 3 nitrogen and oxygen atoms in total. The van der Waals surface area contributed by atoms with Crippen molar-refractivity contribution in [3.8, 4) is 11.5 Å². The Balaban J connectivity index is 2.23. The van der Waals surface area contributed by atoms with Crippen LogP contribution in [0.2, 0.25) is 15.1 Å². The number of halogens is 3. The fourth-order valence-electron chi connectivity index (χ4n) is 1.76. The molecule has 0 fully saturated rings. The average molecular weight is 333 g/mol. The Morgan fingerprint density at radius 1 is 1.10 bits per heavy atom. The van der Waals surface area contributed by atoms with Gasteiger partial charge in [-0.15, -0.1) is 0 Å². The summed E-state index contributed by atoms with van der Waals surface area (Å²) in [6.45, 7) is 0.336. The quantitative estimate of drug-likeness (QED) is 0.830. The molecule has 2 N–H and O–H groups in total. The molecule has 2 aromatic carbocycles. The first-order chi connectivity index (χ1) is 9.51. The third-order valence-corrected chi connectivity index (χ3v) is 3.48. The molecule has 20 heavy (non-hydrogen) atoms. The molecule has 0 amide bonds. The summed E-state index contributed by atoms with van der Waals surface area (Å²) in [7, 11) is 1.57. The Morgan fingerprint density at radius 2 is 1.85 bits per heavy atom. The van der Waals surface area contributed by atoms with E-state index in [2.05, 4.69) is 5.32 Å². The van der Waals surface area contributed by atoms with E-state index in [4.69, 9.17) is 39.5 Å². The van der Waals surface area contributed by atoms with Gasteiger partial charge in [-0.05, 0) is 30.3 Å². The highest BCUT2D eigenvalue weighted by molar-refractivity contribution is 6.35. The summed E-state index contributed by atoms with van der Waals surface area (Å²) in [6.07, 6.45) is 0. The molecular formula is C14H12Cl3NO2. The highest BCUT2D eigenvalue weighted by Gasteiger charge is 2.09. The van der Waals surface area contributed by atoms with Crippen LogP contribution in [0.15, 0.2) is 30.3 Å². The lowest BCUT2D eigenvalue weighted by Gasteiger charge is -2.13. The highest BCUT2D eigenvalue weighted by atomic mass is 35.5. The molecule has 6 heteroatoms. The van der Waals surface area contributed by atoms with Gasteiger partial charge in [-0.1, -0.05) is 34.8 Å². The number of benzene rings is 2. The summed E-state index contributed by atoms with van der Waals surface area (Å²) in [6, 6.07) is 8.37. The van der Waals surface area contributed by atoms with Crippen LogP contribution in [-0.4, -0.2) is 12.2 Å². The summed E-state index contributed by atoms with van der Waals surface area (Å²) in [4.78, 5) is 0.